The third-order valence-electron chi connectivity index (χ3n) is 4.20. The Hall–Kier alpha value is -3.68. The van der Waals surface area contributed by atoms with Gasteiger partial charge in [-0.3, -0.25) is 4.79 Å². The van der Waals surface area contributed by atoms with E-state index in [1.807, 2.05) is 37.3 Å². The molecule has 0 saturated carbocycles. The number of anilines is 2. The van der Waals surface area contributed by atoms with E-state index in [2.05, 4.69) is 26.2 Å². The van der Waals surface area contributed by atoms with Crippen LogP contribution in [0.1, 0.15) is 18.5 Å². The molecule has 1 atom stereocenters. The van der Waals surface area contributed by atoms with Crippen LogP contribution in [0, 0.1) is 0 Å². The van der Waals surface area contributed by atoms with Crippen LogP contribution in [0.3, 0.4) is 0 Å². The van der Waals surface area contributed by atoms with E-state index in [4.69, 9.17) is 0 Å². The second-order valence-corrected chi connectivity index (χ2v) is 5.92. The second-order valence-electron chi connectivity index (χ2n) is 5.92. The summed E-state index contributed by atoms with van der Waals surface area (Å²) in [6.45, 7) is 1.81. The van der Waals surface area contributed by atoms with Gasteiger partial charge in [-0.1, -0.05) is 35.4 Å². The van der Waals surface area contributed by atoms with Crippen molar-refractivity contribution in [3.8, 4) is 5.75 Å². The zero-order valence-corrected chi connectivity index (χ0v) is 13.9. The summed E-state index contributed by atoms with van der Waals surface area (Å²) >= 11 is 0. The quantitative estimate of drug-likeness (QED) is 0.671. The highest BCUT2D eigenvalue weighted by Gasteiger charge is 2.34. The lowest BCUT2D eigenvalue weighted by Gasteiger charge is -2.28. The highest BCUT2D eigenvalue weighted by Crippen LogP contribution is 2.35. The number of allylic oxidation sites excluding steroid dienone is 1. The Morgan fingerprint density at radius 2 is 1.88 bits per heavy atom. The molecule has 0 aliphatic carbocycles. The molecule has 1 amide bonds. The van der Waals surface area contributed by atoms with Crippen molar-refractivity contribution in [2.45, 2.75) is 13.0 Å². The molecule has 3 aromatic rings. The second kappa shape index (κ2) is 6.32. The Kier molecular flexibility index (Phi) is 3.85. The number of benzene rings is 2. The summed E-state index contributed by atoms with van der Waals surface area (Å²) in [6.07, 6.45) is 0. The van der Waals surface area contributed by atoms with Crippen molar-refractivity contribution < 1.29 is 9.90 Å². The number of para-hydroxylation sites is 1. The summed E-state index contributed by atoms with van der Waals surface area (Å²) in [6, 6.07) is 15.4. The van der Waals surface area contributed by atoms with Gasteiger partial charge in [0.2, 0.25) is 5.95 Å². The van der Waals surface area contributed by atoms with Crippen LogP contribution in [-0.2, 0) is 4.79 Å². The van der Waals surface area contributed by atoms with E-state index in [9.17, 15) is 9.90 Å². The summed E-state index contributed by atoms with van der Waals surface area (Å²) in [5.41, 5.74) is 2.65. The molecule has 8 heteroatoms. The fourth-order valence-electron chi connectivity index (χ4n) is 2.99. The number of phenols is 1. The van der Waals surface area contributed by atoms with Crippen LogP contribution in [0.4, 0.5) is 11.6 Å². The van der Waals surface area contributed by atoms with Crippen LogP contribution in [0.15, 0.2) is 65.9 Å². The van der Waals surface area contributed by atoms with E-state index in [0.29, 0.717) is 22.9 Å². The van der Waals surface area contributed by atoms with Crippen molar-refractivity contribution in [2.24, 2.45) is 0 Å². The van der Waals surface area contributed by atoms with E-state index in [1.54, 1.807) is 28.9 Å². The van der Waals surface area contributed by atoms with Gasteiger partial charge in [-0.2, -0.15) is 4.68 Å². The van der Waals surface area contributed by atoms with Crippen molar-refractivity contribution in [1.82, 2.24) is 20.2 Å². The minimum absolute atomic E-state index is 0.149. The van der Waals surface area contributed by atoms with Gasteiger partial charge in [-0.15, -0.1) is 0 Å². The predicted molar refractivity (Wildman–Crippen MR) is 95.5 cm³/mol. The average Bonchev–Trinajstić information content (AvgIpc) is 3.10. The standard InChI is InChI=1S/C18H16N6O2/c1-11-15(17(26)20-13-5-3-2-4-6-13)16(12-7-9-14(25)10-8-12)24-18(19-11)21-22-23-24/h2-10,16,25H,1H3,(H,20,26)(H,19,21,23)/t16-/m0/s1. The van der Waals surface area contributed by atoms with E-state index in [1.165, 1.54) is 0 Å². The zero-order valence-electron chi connectivity index (χ0n) is 13.9. The van der Waals surface area contributed by atoms with E-state index < -0.39 is 6.04 Å². The highest BCUT2D eigenvalue weighted by atomic mass is 16.3. The molecule has 2 aromatic carbocycles. The maximum Gasteiger partial charge on any atom is 0.255 e. The number of phenolic OH excluding ortho intramolecular Hbond substituents is 1. The molecule has 8 nitrogen and oxygen atoms in total. The Balaban J connectivity index is 1.77. The lowest BCUT2D eigenvalue weighted by Crippen LogP contribution is -2.31. The van der Waals surface area contributed by atoms with Crippen molar-refractivity contribution in [3.05, 3.63) is 71.4 Å². The summed E-state index contributed by atoms with van der Waals surface area (Å²) in [7, 11) is 0. The van der Waals surface area contributed by atoms with Crippen molar-refractivity contribution in [1.29, 1.82) is 0 Å². The Morgan fingerprint density at radius 3 is 2.62 bits per heavy atom. The molecule has 1 aromatic heterocycles. The third kappa shape index (κ3) is 2.77. The normalized spacial score (nSPS) is 16.0. The molecule has 0 fully saturated rings. The van der Waals surface area contributed by atoms with Crippen LogP contribution in [0.2, 0.25) is 0 Å². The first-order chi connectivity index (χ1) is 12.6. The minimum Gasteiger partial charge on any atom is -0.508 e. The van der Waals surface area contributed by atoms with E-state index in [0.717, 1.165) is 5.56 Å². The Labute approximate surface area is 149 Å². The van der Waals surface area contributed by atoms with Gasteiger partial charge in [0.25, 0.3) is 5.91 Å². The van der Waals surface area contributed by atoms with Crippen molar-refractivity contribution >= 4 is 17.5 Å². The number of rotatable bonds is 3. The largest absolute Gasteiger partial charge is 0.508 e. The minimum atomic E-state index is -0.509. The Morgan fingerprint density at radius 1 is 1.15 bits per heavy atom. The molecule has 0 bridgehead atoms. The molecule has 4 rings (SSSR count). The summed E-state index contributed by atoms with van der Waals surface area (Å²) in [4.78, 5) is 13.0. The molecule has 1 aliphatic heterocycles. The maximum atomic E-state index is 13.0. The van der Waals surface area contributed by atoms with Gasteiger partial charge in [0, 0.05) is 11.4 Å². The number of fused-ring (bicyclic) bond motifs is 1. The molecule has 2 heterocycles. The fraction of sp³-hybridized carbons (Fsp3) is 0.111. The smallest absolute Gasteiger partial charge is 0.255 e. The third-order valence-corrected chi connectivity index (χ3v) is 4.20. The highest BCUT2D eigenvalue weighted by molar-refractivity contribution is 6.05. The van der Waals surface area contributed by atoms with E-state index >= 15 is 0 Å². The SMILES string of the molecule is CC1=C(C(=O)Nc2ccccc2)[C@H](c2ccc(O)cc2)n2nnnc2N1. The number of tetrazole rings is 1. The molecular weight excluding hydrogens is 332 g/mol. The number of nitrogens with one attached hydrogen (secondary N) is 2. The summed E-state index contributed by atoms with van der Waals surface area (Å²) < 4.78 is 1.55. The molecular formula is C18H16N6O2. The first-order valence-electron chi connectivity index (χ1n) is 8.04. The molecule has 1 aliphatic rings. The maximum absolute atomic E-state index is 13.0. The van der Waals surface area contributed by atoms with Gasteiger partial charge in [-0.25, -0.2) is 0 Å². The first-order valence-corrected chi connectivity index (χ1v) is 8.04. The molecule has 0 unspecified atom stereocenters. The first kappa shape index (κ1) is 15.8. The number of carbonyl (C=O) groups excluding carboxylic acids is 1. The van der Waals surface area contributed by atoms with Gasteiger partial charge >= 0.3 is 0 Å². The zero-order chi connectivity index (χ0) is 18.1. The molecule has 130 valence electrons. The lowest BCUT2D eigenvalue weighted by atomic mass is 9.95. The number of aromatic nitrogens is 4. The summed E-state index contributed by atoms with van der Waals surface area (Å²) in [5.74, 6) is 0.355. The van der Waals surface area contributed by atoms with Gasteiger partial charge < -0.3 is 15.7 Å². The van der Waals surface area contributed by atoms with Crippen LogP contribution in [0.25, 0.3) is 0 Å². The van der Waals surface area contributed by atoms with E-state index in [-0.39, 0.29) is 11.7 Å². The molecule has 0 saturated heterocycles. The summed E-state index contributed by atoms with van der Waals surface area (Å²) in [5, 5.41) is 27.2. The van der Waals surface area contributed by atoms with Gasteiger partial charge in [0.1, 0.15) is 11.8 Å². The van der Waals surface area contributed by atoms with Crippen molar-refractivity contribution in [2.75, 3.05) is 10.6 Å². The predicted octanol–water partition coefficient (Wildman–Crippen LogP) is 2.31. The molecule has 3 N–H and O–H groups in total. The van der Waals surface area contributed by atoms with Crippen molar-refractivity contribution in [3.63, 3.8) is 0 Å². The topological polar surface area (TPSA) is 105 Å². The van der Waals surface area contributed by atoms with Crippen LogP contribution < -0.4 is 10.6 Å². The molecule has 26 heavy (non-hydrogen) atoms. The number of hydrogen-bond acceptors (Lipinski definition) is 6. The number of nitrogens with zero attached hydrogens (tertiary/aromatic N) is 4. The number of carbonyl (C=O) groups is 1. The fourth-order valence-corrected chi connectivity index (χ4v) is 2.99. The number of hydrogen-bond donors (Lipinski definition) is 3. The molecule has 0 radical (unpaired) electrons. The van der Waals surface area contributed by atoms with Gasteiger partial charge in [-0.05, 0) is 47.2 Å². The number of amides is 1. The lowest BCUT2D eigenvalue weighted by molar-refractivity contribution is -0.113. The Bertz CT molecular complexity index is 978. The van der Waals surface area contributed by atoms with Gasteiger partial charge in [0.15, 0.2) is 0 Å². The van der Waals surface area contributed by atoms with Crippen LogP contribution >= 0.6 is 0 Å². The van der Waals surface area contributed by atoms with Crippen LogP contribution in [0.5, 0.6) is 5.75 Å². The number of aromatic hydroxyl groups is 1. The average molecular weight is 348 g/mol. The van der Waals surface area contributed by atoms with Crippen LogP contribution in [-0.4, -0.2) is 31.2 Å². The monoisotopic (exact) mass is 348 g/mol. The van der Waals surface area contributed by atoms with Gasteiger partial charge in [0.05, 0.1) is 5.57 Å². The molecule has 0 spiro atoms.